The van der Waals surface area contributed by atoms with Gasteiger partial charge in [-0.2, -0.15) is 0 Å². The molecule has 0 aliphatic carbocycles. The molecule has 1 aromatic rings. The number of benzene rings is 1. The Labute approximate surface area is 132 Å². The second kappa shape index (κ2) is 6.95. The summed E-state index contributed by atoms with van der Waals surface area (Å²) in [6.07, 6.45) is 3.24. The fourth-order valence-electron chi connectivity index (χ4n) is 2.79. The molecule has 1 fully saturated rings. The third-order valence-electron chi connectivity index (χ3n) is 4.45. The fraction of sp³-hybridized carbons (Fsp3) is 0.556. The van der Waals surface area contributed by atoms with E-state index >= 15 is 0 Å². The number of carbonyl (C=O) groups is 2. The molecular weight excluding hydrogens is 276 g/mol. The van der Waals surface area contributed by atoms with E-state index in [1.54, 1.807) is 13.8 Å². The highest BCUT2D eigenvalue weighted by Crippen LogP contribution is 2.22. The summed E-state index contributed by atoms with van der Waals surface area (Å²) in [5.41, 5.74) is 1.21. The van der Waals surface area contributed by atoms with Crippen LogP contribution in [0.2, 0.25) is 0 Å². The zero-order valence-electron chi connectivity index (χ0n) is 13.8. The predicted octanol–water partition coefficient (Wildman–Crippen LogP) is 2.65. The molecule has 0 unspecified atom stereocenters. The van der Waals surface area contributed by atoms with E-state index in [-0.39, 0.29) is 11.8 Å². The Kier molecular flexibility index (Phi) is 5.22. The molecule has 2 amide bonds. The highest BCUT2D eigenvalue weighted by atomic mass is 16.2. The predicted molar refractivity (Wildman–Crippen MR) is 87.2 cm³/mol. The number of nitrogens with zero attached hydrogens (tertiary/aromatic N) is 1. The zero-order valence-corrected chi connectivity index (χ0v) is 13.8. The summed E-state index contributed by atoms with van der Waals surface area (Å²) in [4.78, 5) is 26.9. The van der Waals surface area contributed by atoms with Crippen LogP contribution in [-0.4, -0.2) is 29.8 Å². The highest BCUT2D eigenvalue weighted by Gasteiger charge is 2.39. The average Bonchev–Trinajstić information content (AvgIpc) is 2.53. The average molecular weight is 302 g/mol. The smallest absolute Gasteiger partial charge is 0.237 e. The number of hydrogen-bond acceptors (Lipinski definition) is 2. The van der Waals surface area contributed by atoms with Crippen molar-refractivity contribution in [3.8, 4) is 0 Å². The summed E-state index contributed by atoms with van der Waals surface area (Å²) in [7, 11) is 0. The van der Waals surface area contributed by atoms with Crippen LogP contribution >= 0.6 is 0 Å². The summed E-state index contributed by atoms with van der Waals surface area (Å²) in [5, 5.41) is 2.91. The van der Waals surface area contributed by atoms with Crippen molar-refractivity contribution in [1.82, 2.24) is 10.2 Å². The van der Waals surface area contributed by atoms with Crippen molar-refractivity contribution < 1.29 is 9.59 Å². The number of rotatable bonds is 4. The molecule has 0 spiro atoms. The van der Waals surface area contributed by atoms with Crippen molar-refractivity contribution in [2.75, 3.05) is 13.1 Å². The molecule has 1 saturated heterocycles. The summed E-state index contributed by atoms with van der Waals surface area (Å²) in [6.45, 7) is 7.46. The first kappa shape index (κ1) is 16.5. The van der Waals surface area contributed by atoms with E-state index < -0.39 is 5.41 Å². The van der Waals surface area contributed by atoms with E-state index in [0.717, 1.165) is 37.1 Å². The van der Waals surface area contributed by atoms with Crippen molar-refractivity contribution in [2.24, 2.45) is 5.41 Å². The van der Waals surface area contributed by atoms with Gasteiger partial charge in [-0.1, -0.05) is 24.3 Å². The lowest BCUT2D eigenvalue weighted by Gasteiger charge is -2.33. The molecular formula is C18H26N2O2. The molecule has 0 atom stereocenters. The normalized spacial score (nSPS) is 15.5. The maximum Gasteiger partial charge on any atom is 0.237 e. The van der Waals surface area contributed by atoms with Gasteiger partial charge in [0.2, 0.25) is 11.8 Å². The van der Waals surface area contributed by atoms with Crippen LogP contribution in [0.1, 0.15) is 44.2 Å². The Morgan fingerprint density at radius 2 is 1.77 bits per heavy atom. The van der Waals surface area contributed by atoms with Gasteiger partial charge in [0.05, 0.1) is 0 Å². The Morgan fingerprint density at radius 3 is 2.41 bits per heavy atom. The van der Waals surface area contributed by atoms with Gasteiger partial charge in [-0.25, -0.2) is 0 Å². The van der Waals surface area contributed by atoms with Crippen LogP contribution in [0.25, 0.3) is 0 Å². The molecule has 4 heteroatoms. The number of carbonyl (C=O) groups excluding carboxylic acids is 2. The third kappa shape index (κ3) is 3.67. The Hall–Kier alpha value is -1.84. The van der Waals surface area contributed by atoms with Crippen LogP contribution in [0.5, 0.6) is 0 Å². The van der Waals surface area contributed by atoms with Gasteiger partial charge in [0.15, 0.2) is 0 Å². The molecule has 4 nitrogen and oxygen atoms in total. The largest absolute Gasteiger partial charge is 0.351 e. The summed E-state index contributed by atoms with van der Waals surface area (Å²) in [6, 6.07) is 7.95. The van der Waals surface area contributed by atoms with E-state index in [0.29, 0.717) is 6.54 Å². The number of aryl methyl sites for hydroxylation is 1. The molecule has 22 heavy (non-hydrogen) atoms. The minimum Gasteiger partial charge on any atom is -0.351 e. The van der Waals surface area contributed by atoms with E-state index in [9.17, 15) is 9.59 Å². The van der Waals surface area contributed by atoms with Gasteiger partial charge in [0, 0.05) is 19.6 Å². The molecule has 0 bridgehead atoms. The van der Waals surface area contributed by atoms with Crippen molar-refractivity contribution in [3.05, 3.63) is 35.4 Å². The first-order valence-electron chi connectivity index (χ1n) is 8.05. The standard InChI is InChI=1S/C18H26N2O2/c1-14-9-5-6-10-15(14)13-19-16(21)18(2,3)17(22)20-11-7-4-8-12-20/h5-6,9-10H,4,7-8,11-13H2,1-3H3,(H,19,21). The monoisotopic (exact) mass is 302 g/mol. The topological polar surface area (TPSA) is 49.4 Å². The summed E-state index contributed by atoms with van der Waals surface area (Å²) in [5.74, 6) is -0.263. The lowest BCUT2D eigenvalue weighted by atomic mass is 9.89. The molecule has 0 radical (unpaired) electrons. The number of nitrogens with one attached hydrogen (secondary N) is 1. The second-order valence-corrected chi connectivity index (χ2v) is 6.59. The molecule has 1 N–H and O–H groups in total. The quantitative estimate of drug-likeness (QED) is 0.869. The fourth-order valence-corrected chi connectivity index (χ4v) is 2.79. The molecule has 1 aromatic carbocycles. The number of piperidine rings is 1. The second-order valence-electron chi connectivity index (χ2n) is 6.59. The van der Waals surface area contributed by atoms with Gasteiger partial charge in [0.25, 0.3) is 0 Å². The van der Waals surface area contributed by atoms with Crippen molar-refractivity contribution in [3.63, 3.8) is 0 Å². The lowest BCUT2D eigenvalue weighted by molar-refractivity contribution is -0.149. The SMILES string of the molecule is Cc1ccccc1CNC(=O)C(C)(C)C(=O)N1CCCCC1. The van der Waals surface area contributed by atoms with E-state index in [4.69, 9.17) is 0 Å². The van der Waals surface area contributed by atoms with Gasteiger partial charge >= 0.3 is 0 Å². The molecule has 1 aliphatic rings. The number of hydrogen-bond donors (Lipinski definition) is 1. The third-order valence-corrected chi connectivity index (χ3v) is 4.45. The number of likely N-dealkylation sites (tertiary alicyclic amines) is 1. The molecule has 1 aliphatic heterocycles. The number of amides is 2. The van der Waals surface area contributed by atoms with Crippen molar-refractivity contribution >= 4 is 11.8 Å². The maximum absolute atomic E-state index is 12.6. The molecule has 0 saturated carbocycles. The van der Waals surface area contributed by atoms with E-state index in [1.165, 1.54) is 6.42 Å². The molecule has 2 rings (SSSR count). The van der Waals surface area contributed by atoms with Gasteiger partial charge in [-0.15, -0.1) is 0 Å². The maximum atomic E-state index is 12.6. The first-order valence-corrected chi connectivity index (χ1v) is 8.05. The van der Waals surface area contributed by atoms with Crippen LogP contribution in [-0.2, 0) is 16.1 Å². The van der Waals surface area contributed by atoms with Crippen LogP contribution in [0.3, 0.4) is 0 Å². The van der Waals surface area contributed by atoms with E-state index in [1.807, 2.05) is 36.1 Å². The molecule has 0 aromatic heterocycles. The first-order chi connectivity index (χ1) is 10.4. The molecule has 120 valence electrons. The Balaban J connectivity index is 1.97. The molecule has 1 heterocycles. The summed E-state index contributed by atoms with van der Waals surface area (Å²) >= 11 is 0. The van der Waals surface area contributed by atoms with Gasteiger partial charge < -0.3 is 10.2 Å². The minimum absolute atomic E-state index is 0.0607. The minimum atomic E-state index is -1.01. The van der Waals surface area contributed by atoms with Gasteiger partial charge in [-0.05, 0) is 51.2 Å². The van der Waals surface area contributed by atoms with Crippen molar-refractivity contribution in [2.45, 2.75) is 46.6 Å². The van der Waals surface area contributed by atoms with Crippen LogP contribution in [0.15, 0.2) is 24.3 Å². The lowest BCUT2D eigenvalue weighted by Crippen LogP contribution is -2.50. The Bertz CT molecular complexity index is 546. The summed E-state index contributed by atoms with van der Waals surface area (Å²) < 4.78 is 0. The zero-order chi connectivity index (χ0) is 16.2. The van der Waals surface area contributed by atoms with Gasteiger partial charge in [-0.3, -0.25) is 9.59 Å². The van der Waals surface area contributed by atoms with Crippen LogP contribution < -0.4 is 5.32 Å². The van der Waals surface area contributed by atoms with E-state index in [2.05, 4.69) is 5.32 Å². The highest BCUT2D eigenvalue weighted by molar-refractivity contribution is 6.04. The van der Waals surface area contributed by atoms with Crippen molar-refractivity contribution in [1.29, 1.82) is 0 Å². The van der Waals surface area contributed by atoms with Crippen LogP contribution in [0.4, 0.5) is 0 Å². The van der Waals surface area contributed by atoms with Crippen LogP contribution in [0, 0.1) is 12.3 Å². The van der Waals surface area contributed by atoms with Gasteiger partial charge in [0.1, 0.15) is 5.41 Å². The Morgan fingerprint density at radius 1 is 1.14 bits per heavy atom.